The summed E-state index contributed by atoms with van der Waals surface area (Å²) in [5, 5.41) is 14.3. The van der Waals surface area contributed by atoms with Crippen molar-refractivity contribution in [2.45, 2.75) is 71.1 Å². The minimum absolute atomic E-state index is 0.131. The molecule has 39 heavy (non-hydrogen) atoms. The van der Waals surface area contributed by atoms with Gasteiger partial charge in [-0.05, 0) is 78.1 Å². The van der Waals surface area contributed by atoms with E-state index in [1.165, 1.54) is 6.42 Å². The summed E-state index contributed by atoms with van der Waals surface area (Å²) in [6.07, 6.45) is 7.31. The molecule has 1 saturated carbocycles. The van der Waals surface area contributed by atoms with Gasteiger partial charge in [-0.2, -0.15) is 0 Å². The fraction of sp³-hybridized carbons (Fsp3) is 0.355. The molecular weight excluding hydrogens is 488 g/mol. The van der Waals surface area contributed by atoms with E-state index in [0.29, 0.717) is 24.5 Å². The Balaban J connectivity index is 1.54. The minimum atomic E-state index is -0.485. The Bertz CT molecular complexity index is 1600. The topological polar surface area (TPSA) is 92.8 Å². The maximum atomic E-state index is 13.9. The van der Waals surface area contributed by atoms with Gasteiger partial charge in [0, 0.05) is 23.0 Å². The van der Waals surface area contributed by atoms with Crippen LogP contribution in [0.1, 0.15) is 78.0 Å². The number of hydrogen-bond acceptors (Lipinski definition) is 6. The largest absolute Gasteiger partial charge is 0.468 e. The van der Waals surface area contributed by atoms with Crippen LogP contribution in [0.5, 0.6) is 0 Å². The molecule has 1 fully saturated rings. The van der Waals surface area contributed by atoms with Gasteiger partial charge in [0.15, 0.2) is 5.82 Å². The summed E-state index contributed by atoms with van der Waals surface area (Å²) in [6, 6.07) is 20.1. The first kappa shape index (κ1) is 25.2. The number of pyridine rings is 1. The van der Waals surface area contributed by atoms with Gasteiger partial charge in [-0.1, -0.05) is 55.7 Å². The summed E-state index contributed by atoms with van der Waals surface area (Å²) in [5.41, 5.74) is 4.71. The van der Waals surface area contributed by atoms with E-state index < -0.39 is 6.04 Å². The summed E-state index contributed by atoms with van der Waals surface area (Å²) in [5.74, 6) is 1.51. The molecule has 1 N–H and O–H groups in total. The Morgan fingerprint density at radius 2 is 1.85 bits per heavy atom. The van der Waals surface area contributed by atoms with E-state index in [1.807, 2.05) is 54.1 Å². The summed E-state index contributed by atoms with van der Waals surface area (Å²) in [6.45, 7) is 5.22. The lowest BCUT2D eigenvalue weighted by atomic mass is 9.94. The number of aromatic nitrogens is 5. The average molecular weight is 523 g/mol. The summed E-state index contributed by atoms with van der Waals surface area (Å²) >= 11 is 0. The van der Waals surface area contributed by atoms with Gasteiger partial charge in [-0.25, -0.2) is 4.68 Å². The van der Waals surface area contributed by atoms with Crippen molar-refractivity contribution in [3.63, 3.8) is 0 Å². The standard InChI is InChI=1S/C31H34N6O2/c1-21-16-22(2)26-18-27(31(38)32-28(26)17-21)29(30-33-34-35-37(30)24-12-7-4-8-13-24)36(20-25-14-9-15-39-25)19-23-10-5-3-6-11-23/h3,5-6,9-11,14-18,24,29H,4,7-8,12-13,19-20H2,1-2H3,(H,32,38)/t29-/m0/s1. The number of tetrazole rings is 1. The van der Waals surface area contributed by atoms with Crippen LogP contribution in [0, 0.1) is 13.8 Å². The van der Waals surface area contributed by atoms with Crippen LogP contribution in [-0.2, 0) is 13.1 Å². The molecule has 1 aliphatic carbocycles. The van der Waals surface area contributed by atoms with E-state index in [9.17, 15) is 4.79 Å². The van der Waals surface area contributed by atoms with Crippen LogP contribution in [0.4, 0.5) is 0 Å². The van der Waals surface area contributed by atoms with Crippen molar-refractivity contribution in [3.8, 4) is 0 Å². The second kappa shape index (κ2) is 11.0. The van der Waals surface area contributed by atoms with Crippen LogP contribution in [0.3, 0.4) is 0 Å². The number of hydrogen-bond donors (Lipinski definition) is 1. The molecule has 1 aliphatic rings. The lowest BCUT2D eigenvalue weighted by Gasteiger charge is -2.32. The highest BCUT2D eigenvalue weighted by atomic mass is 16.3. The first-order valence-corrected chi connectivity index (χ1v) is 13.8. The van der Waals surface area contributed by atoms with Crippen molar-refractivity contribution in [2.24, 2.45) is 0 Å². The lowest BCUT2D eigenvalue weighted by molar-refractivity contribution is 0.173. The van der Waals surface area contributed by atoms with Crippen molar-refractivity contribution in [1.29, 1.82) is 0 Å². The SMILES string of the molecule is Cc1cc(C)c2cc([C@@H](c3nnnn3C3CCCCC3)N(Cc3ccccc3)Cc3ccco3)c(=O)[nH]c2c1. The molecule has 5 aromatic rings. The quantitative estimate of drug-likeness (QED) is 0.268. The average Bonchev–Trinajstić information content (AvgIpc) is 3.63. The molecule has 0 saturated heterocycles. The third-order valence-corrected chi connectivity index (χ3v) is 7.85. The second-order valence-corrected chi connectivity index (χ2v) is 10.7. The zero-order chi connectivity index (χ0) is 26.8. The van der Waals surface area contributed by atoms with Gasteiger partial charge in [-0.3, -0.25) is 9.69 Å². The molecule has 0 unspecified atom stereocenters. The maximum absolute atomic E-state index is 13.9. The first-order valence-electron chi connectivity index (χ1n) is 13.8. The van der Waals surface area contributed by atoms with Crippen molar-refractivity contribution in [1.82, 2.24) is 30.1 Å². The molecule has 0 radical (unpaired) electrons. The van der Waals surface area contributed by atoms with E-state index in [-0.39, 0.29) is 11.6 Å². The molecule has 3 aromatic heterocycles. The third kappa shape index (κ3) is 5.29. The van der Waals surface area contributed by atoms with E-state index in [0.717, 1.165) is 59.0 Å². The third-order valence-electron chi connectivity index (χ3n) is 7.85. The normalized spacial score (nSPS) is 15.3. The van der Waals surface area contributed by atoms with Crippen LogP contribution in [-0.4, -0.2) is 30.1 Å². The number of aryl methyl sites for hydroxylation is 2. The fourth-order valence-electron chi connectivity index (χ4n) is 6.02. The number of rotatable bonds is 8. The highest BCUT2D eigenvalue weighted by Gasteiger charge is 2.33. The Morgan fingerprint density at radius 3 is 2.62 bits per heavy atom. The van der Waals surface area contributed by atoms with E-state index >= 15 is 0 Å². The van der Waals surface area contributed by atoms with Crippen molar-refractivity contribution >= 4 is 10.9 Å². The van der Waals surface area contributed by atoms with Gasteiger partial charge < -0.3 is 9.40 Å². The molecule has 8 nitrogen and oxygen atoms in total. The van der Waals surface area contributed by atoms with E-state index in [2.05, 4.69) is 50.5 Å². The Morgan fingerprint density at radius 1 is 1.03 bits per heavy atom. The molecule has 0 bridgehead atoms. The number of aromatic amines is 1. The van der Waals surface area contributed by atoms with Crippen LogP contribution in [0.25, 0.3) is 10.9 Å². The van der Waals surface area contributed by atoms with Crippen LogP contribution in [0.2, 0.25) is 0 Å². The van der Waals surface area contributed by atoms with Gasteiger partial charge in [0.1, 0.15) is 11.8 Å². The minimum Gasteiger partial charge on any atom is -0.468 e. The van der Waals surface area contributed by atoms with Gasteiger partial charge in [-0.15, -0.1) is 5.10 Å². The molecule has 0 aliphatic heterocycles. The number of furan rings is 1. The molecule has 0 amide bonds. The van der Waals surface area contributed by atoms with Crippen molar-refractivity contribution in [2.75, 3.05) is 0 Å². The number of H-pyrrole nitrogens is 1. The highest BCUT2D eigenvalue weighted by Crippen LogP contribution is 2.35. The Kier molecular flexibility index (Phi) is 7.11. The number of fused-ring (bicyclic) bond motifs is 1. The lowest BCUT2D eigenvalue weighted by Crippen LogP contribution is -2.35. The van der Waals surface area contributed by atoms with Crippen molar-refractivity contribution < 1.29 is 4.42 Å². The highest BCUT2D eigenvalue weighted by molar-refractivity contribution is 5.83. The molecule has 0 spiro atoms. The second-order valence-electron chi connectivity index (χ2n) is 10.7. The molecule has 2 aromatic carbocycles. The summed E-state index contributed by atoms with van der Waals surface area (Å²) in [7, 11) is 0. The van der Waals surface area contributed by atoms with Crippen molar-refractivity contribution in [3.05, 3.63) is 111 Å². The zero-order valence-corrected chi connectivity index (χ0v) is 22.5. The summed E-state index contributed by atoms with van der Waals surface area (Å²) in [4.78, 5) is 19.3. The molecule has 8 heteroatoms. The molecule has 200 valence electrons. The first-order chi connectivity index (χ1) is 19.1. The van der Waals surface area contributed by atoms with E-state index in [4.69, 9.17) is 4.42 Å². The fourth-order valence-corrected chi connectivity index (χ4v) is 6.02. The van der Waals surface area contributed by atoms with Gasteiger partial charge in [0.05, 0.1) is 18.8 Å². The number of nitrogens with one attached hydrogen (secondary N) is 1. The Labute approximate surface area is 227 Å². The van der Waals surface area contributed by atoms with E-state index in [1.54, 1.807) is 6.26 Å². The van der Waals surface area contributed by atoms with Crippen LogP contribution in [0.15, 0.2) is 76.1 Å². The van der Waals surface area contributed by atoms with Gasteiger partial charge in [0.2, 0.25) is 0 Å². The van der Waals surface area contributed by atoms with Gasteiger partial charge >= 0.3 is 0 Å². The van der Waals surface area contributed by atoms with Gasteiger partial charge in [0.25, 0.3) is 5.56 Å². The predicted octanol–water partition coefficient (Wildman–Crippen LogP) is 6.02. The predicted molar refractivity (Wildman–Crippen MR) is 150 cm³/mol. The molecule has 3 heterocycles. The number of nitrogens with zero attached hydrogens (tertiary/aromatic N) is 5. The molecule has 1 atom stereocenters. The zero-order valence-electron chi connectivity index (χ0n) is 22.5. The van der Waals surface area contributed by atoms with Crippen LogP contribution < -0.4 is 5.56 Å². The number of benzene rings is 2. The Hall–Kier alpha value is -4.04. The molecular formula is C31H34N6O2. The maximum Gasteiger partial charge on any atom is 0.253 e. The molecule has 6 rings (SSSR count). The summed E-state index contributed by atoms with van der Waals surface area (Å²) < 4.78 is 7.78. The smallest absolute Gasteiger partial charge is 0.253 e. The monoisotopic (exact) mass is 522 g/mol. The van der Waals surface area contributed by atoms with Crippen LogP contribution >= 0.6 is 0 Å².